The minimum absolute atomic E-state index is 0.135. The van der Waals surface area contributed by atoms with Gasteiger partial charge in [-0.25, -0.2) is 9.97 Å². The number of hydrazine groups is 1. The molecule has 6 nitrogen and oxygen atoms in total. The second-order valence-electron chi connectivity index (χ2n) is 3.97. The second kappa shape index (κ2) is 7.57. The van der Waals surface area contributed by atoms with Crippen LogP contribution in [0, 0.1) is 0 Å². The summed E-state index contributed by atoms with van der Waals surface area (Å²) in [4.78, 5) is 32.0. The summed E-state index contributed by atoms with van der Waals surface area (Å²) in [7, 11) is 0. The fraction of sp³-hybridized carbons (Fsp3) is 0.0769. The van der Waals surface area contributed by atoms with Crippen molar-refractivity contribution in [2.24, 2.45) is 0 Å². The Labute approximate surface area is 144 Å². The number of rotatable bonds is 3. The smallest absolute Gasteiger partial charge is 0.267 e. The second-order valence-corrected chi connectivity index (χ2v) is 6.03. The molecule has 0 unspecified atom stereocenters. The van der Waals surface area contributed by atoms with Gasteiger partial charge in [-0.3, -0.25) is 20.4 Å². The van der Waals surface area contributed by atoms with Crippen LogP contribution in [0.3, 0.4) is 0 Å². The average Bonchev–Trinajstić information content (AvgIpc) is 2.53. The van der Waals surface area contributed by atoms with Gasteiger partial charge in [-0.05, 0) is 46.5 Å². The van der Waals surface area contributed by atoms with E-state index in [0.29, 0.717) is 20.2 Å². The SMILES string of the molecule is CSc1ncc(Br)c(C(=O)NNC(=O)c2ccc(Cl)cc2)n1. The third kappa shape index (κ3) is 4.19. The average molecular weight is 402 g/mol. The Balaban J connectivity index is 2.03. The highest BCUT2D eigenvalue weighted by Gasteiger charge is 2.15. The summed E-state index contributed by atoms with van der Waals surface area (Å²) in [5.41, 5.74) is 5.12. The van der Waals surface area contributed by atoms with Crippen molar-refractivity contribution in [3.63, 3.8) is 0 Å². The molecule has 2 rings (SSSR count). The lowest BCUT2D eigenvalue weighted by Crippen LogP contribution is -2.42. The minimum Gasteiger partial charge on any atom is -0.267 e. The van der Waals surface area contributed by atoms with E-state index in [-0.39, 0.29) is 5.69 Å². The van der Waals surface area contributed by atoms with Gasteiger partial charge in [0.2, 0.25) is 0 Å². The standard InChI is InChI=1S/C13H10BrClN4O2S/c1-22-13-16-6-9(14)10(17-13)12(21)19-18-11(20)7-2-4-8(15)5-3-7/h2-6H,1H3,(H,18,20)(H,19,21). The number of hydrogen-bond donors (Lipinski definition) is 2. The lowest BCUT2D eigenvalue weighted by molar-refractivity contribution is 0.0843. The van der Waals surface area contributed by atoms with Gasteiger partial charge in [-0.15, -0.1) is 0 Å². The lowest BCUT2D eigenvalue weighted by Gasteiger charge is -2.08. The molecule has 1 aromatic carbocycles. The Bertz CT molecular complexity index is 712. The number of carbonyl (C=O) groups is 2. The molecular formula is C13H10BrClN4O2S. The van der Waals surface area contributed by atoms with Crippen LogP contribution in [0.5, 0.6) is 0 Å². The van der Waals surface area contributed by atoms with E-state index in [0.717, 1.165) is 0 Å². The molecule has 0 aliphatic carbocycles. The van der Waals surface area contributed by atoms with Crippen LogP contribution >= 0.6 is 39.3 Å². The van der Waals surface area contributed by atoms with Crippen LogP contribution in [0.25, 0.3) is 0 Å². The van der Waals surface area contributed by atoms with Gasteiger partial charge in [0.15, 0.2) is 5.16 Å². The number of thioether (sulfide) groups is 1. The Hall–Kier alpha value is -1.64. The predicted octanol–water partition coefficient (Wildman–Crippen LogP) is 2.69. The fourth-order valence-corrected chi connectivity index (χ4v) is 2.29. The normalized spacial score (nSPS) is 10.1. The molecule has 0 saturated heterocycles. The Morgan fingerprint density at radius 1 is 1.18 bits per heavy atom. The molecule has 1 aromatic heterocycles. The van der Waals surface area contributed by atoms with Crippen molar-refractivity contribution in [3.8, 4) is 0 Å². The summed E-state index contributed by atoms with van der Waals surface area (Å²) in [6.45, 7) is 0. The molecule has 0 aliphatic heterocycles. The molecule has 0 fully saturated rings. The number of aromatic nitrogens is 2. The molecule has 2 N–H and O–H groups in total. The van der Waals surface area contributed by atoms with E-state index >= 15 is 0 Å². The van der Waals surface area contributed by atoms with Crippen LogP contribution in [0.15, 0.2) is 40.1 Å². The van der Waals surface area contributed by atoms with Crippen molar-refractivity contribution < 1.29 is 9.59 Å². The molecule has 22 heavy (non-hydrogen) atoms. The number of halogens is 2. The van der Waals surface area contributed by atoms with Crippen LogP contribution in [-0.4, -0.2) is 28.0 Å². The molecule has 9 heteroatoms. The van der Waals surface area contributed by atoms with Crippen LogP contribution in [0.2, 0.25) is 5.02 Å². The van der Waals surface area contributed by atoms with Crippen LogP contribution in [0.1, 0.15) is 20.8 Å². The zero-order chi connectivity index (χ0) is 16.1. The molecule has 0 atom stereocenters. The van der Waals surface area contributed by atoms with Crippen molar-refractivity contribution in [2.75, 3.05) is 6.26 Å². The van der Waals surface area contributed by atoms with Crippen molar-refractivity contribution in [1.82, 2.24) is 20.8 Å². The molecule has 2 amide bonds. The first-order chi connectivity index (χ1) is 10.5. The van der Waals surface area contributed by atoms with Gasteiger partial charge in [-0.2, -0.15) is 0 Å². The maximum absolute atomic E-state index is 12.0. The van der Waals surface area contributed by atoms with E-state index in [1.807, 2.05) is 0 Å². The van der Waals surface area contributed by atoms with Crippen LogP contribution < -0.4 is 10.9 Å². The van der Waals surface area contributed by atoms with Gasteiger partial charge in [0.05, 0.1) is 4.47 Å². The first-order valence-corrected chi connectivity index (χ1v) is 8.33. The largest absolute Gasteiger partial charge is 0.289 e. The van der Waals surface area contributed by atoms with Gasteiger partial charge in [0, 0.05) is 16.8 Å². The highest BCUT2D eigenvalue weighted by molar-refractivity contribution is 9.10. The zero-order valence-electron chi connectivity index (χ0n) is 11.3. The molecule has 0 radical (unpaired) electrons. The lowest BCUT2D eigenvalue weighted by atomic mass is 10.2. The Morgan fingerprint density at radius 2 is 1.82 bits per heavy atom. The van der Waals surface area contributed by atoms with Gasteiger partial charge in [-0.1, -0.05) is 23.4 Å². The van der Waals surface area contributed by atoms with Crippen LogP contribution in [-0.2, 0) is 0 Å². The highest BCUT2D eigenvalue weighted by Crippen LogP contribution is 2.16. The Kier molecular flexibility index (Phi) is 5.76. The highest BCUT2D eigenvalue weighted by atomic mass is 79.9. The van der Waals surface area contributed by atoms with Crippen LogP contribution in [0.4, 0.5) is 0 Å². The molecule has 0 bridgehead atoms. The third-order valence-electron chi connectivity index (χ3n) is 2.52. The van der Waals surface area contributed by atoms with Crippen molar-refractivity contribution in [3.05, 3.63) is 51.2 Å². The number of nitrogens with zero attached hydrogens (tertiary/aromatic N) is 2. The van der Waals surface area contributed by atoms with Crippen molar-refractivity contribution in [2.45, 2.75) is 5.16 Å². The monoisotopic (exact) mass is 400 g/mol. The summed E-state index contributed by atoms with van der Waals surface area (Å²) in [5.74, 6) is -1.01. The maximum atomic E-state index is 12.0. The molecule has 0 saturated carbocycles. The molecule has 1 heterocycles. The van der Waals surface area contributed by atoms with E-state index in [9.17, 15) is 9.59 Å². The first kappa shape index (κ1) is 16.7. The number of benzene rings is 1. The van der Waals surface area contributed by atoms with E-state index in [1.165, 1.54) is 18.0 Å². The number of carbonyl (C=O) groups excluding carboxylic acids is 2. The van der Waals surface area contributed by atoms with Gasteiger partial charge in [0.25, 0.3) is 11.8 Å². The number of hydrogen-bond acceptors (Lipinski definition) is 5. The van der Waals surface area contributed by atoms with E-state index < -0.39 is 11.8 Å². The topological polar surface area (TPSA) is 84.0 Å². The quantitative estimate of drug-likeness (QED) is 0.469. The molecule has 2 aromatic rings. The summed E-state index contributed by atoms with van der Waals surface area (Å²) in [5, 5.41) is 0.979. The summed E-state index contributed by atoms with van der Waals surface area (Å²) < 4.78 is 0.434. The zero-order valence-corrected chi connectivity index (χ0v) is 14.4. The molecule has 0 aliphatic rings. The molecule has 114 valence electrons. The van der Waals surface area contributed by atoms with E-state index in [1.54, 1.807) is 30.5 Å². The van der Waals surface area contributed by atoms with E-state index in [2.05, 4.69) is 36.7 Å². The third-order valence-corrected chi connectivity index (χ3v) is 3.91. The molecular weight excluding hydrogens is 392 g/mol. The Morgan fingerprint density at radius 3 is 2.45 bits per heavy atom. The summed E-state index contributed by atoms with van der Waals surface area (Å²) in [6, 6.07) is 6.28. The van der Waals surface area contributed by atoms with Crippen molar-refractivity contribution in [1.29, 1.82) is 0 Å². The minimum atomic E-state index is -0.549. The molecule has 0 spiro atoms. The number of nitrogens with one attached hydrogen (secondary N) is 2. The fourth-order valence-electron chi connectivity index (χ4n) is 1.45. The summed E-state index contributed by atoms with van der Waals surface area (Å²) >= 11 is 10.3. The van der Waals surface area contributed by atoms with Gasteiger partial charge in [0.1, 0.15) is 5.69 Å². The summed E-state index contributed by atoms with van der Waals surface area (Å²) in [6.07, 6.45) is 3.28. The van der Waals surface area contributed by atoms with Crippen molar-refractivity contribution >= 4 is 51.1 Å². The van der Waals surface area contributed by atoms with Gasteiger partial charge < -0.3 is 0 Å². The number of amides is 2. The van der Waals surface area contributed by atoms with Gasteiger partial charge >= 0.3 is 0 Å². The van der Waals surface area contributed by atoms with E-state index in [4.69, 9.17) is 11.6 Å². The maximum Gasteiger partial charge on any atom is 0.289 e. The predicted molar refractivity (Wildman–Crippen MR) is 87.9 cm³/mol. The first-order valence-electron chi connectivity index (χ1n) is 5.94.